The molecular formula is C10H9NO3S. The first-order valence-electron chi connectivity index (χ1n) is 4.87. The molecule has 2 aromatic rings. The molecule has 1 N–H and O–H groups in total. The van der Waals surface area contributed by atoms with Crippen LogP contribution < -0.4 is 0 Å². The molecule has 2 heterocycles. The lowest BCUT2D eigenvalue weighted by atomic mass is 9.85. The Hall–Kier alpha value is -1.36. The fourth-order valence-corrected chi connectivity index (χ4v) is 2.48. The maximum Gasteiger partial charge on any atom is 0.346 e. The van der Waals surface area contributed by atoms with E-state index in [2.05, 4.69) is 4.98 Å². The van der Waals surface area contributed by atoms with E-state index >= 15 is 0 Å². The second-order valence-corrected chi connectivity index (χ2v) is 4.78. The fourth-order valence-electron chi connectivity index (χ4n) is 1.69. The van der Waals surface area contributed by atoms with E-state index in [1.54, 1.807) is 6.07 Å². The maximum absolute atomic E-state index is 10.7. The third kappa shape index (κ3) is 1.34. The number of aromatic nitrogens is 1. The van der Waals surface area contributed by atoms with Crippen LogP contribution in [0.4, 0.5) is 0 Å². The third-order valence-corrected chi connectivity index (χ3v) is 3.76. The average molecular weight is 223 g/mol. The van der Waals surface area contributed by atoms with Gasteiger partial charge in [-0.05, 0) is 18.9 Å². The van der Waals surface area contributed by atoms with Crippen LogP contribution >= 0.6 is 11.3 Å². The molecule has 0 amide bonds. The van der Waals surface area contributed by atoms with E-state index < -0.39 is 5.97 Å². The predicted octanol–water partition coefficient (Wildman–Crippen LogP) is 2.86. The van der Waals surface area contributed by atoms with Crippen molar-refractivity contribution in [3.63, 3.8) is 0 Å². The lowest BCUT2D eigenvalue weighted by Crippen LogP contribution is -2.08. The largest absolute Gasteiger partial charge is 0.477 e. The van der Waals surface area contributed by atoms with Gasteiger partial charge in [-0.1, -0.05) is 17.8 Å². The van der Waals surface area contributed by atoms with Crippen molar-refractivity contribution in [3.8, 4) is 0 Å². The molecule has 0 aliphatic heterocycles. The number of aromatic carboxylic acids is 1. The van der Waals surface area contributed by atoms with E-state index in [1.165, 1.54) is 6.42 Å². The topological polar surface area (TPSA) is 63.3 Å². The molecule has 78 valence electrons. The second-order valence-electron chi connectivity index (χ2n) is 3.77. The number of carboxylic acids is 1. The van der Waals surface area contributed by atoms with Crippen molar-refractivity contribution in [2.75, 3.05) is 0 Å². The Kier molecular flexibility index (Phi) is 1.82. The number of carbonyl (C=O) groups is 1. The molecule has 0 spiro atoms. The lowest BCUT2D eigenvalue weighted by molar-refractivity contribution is 0.0702. The average Bonchev–Trinajstić information content (AvgIpc) is 2.56. The molecule has 3 rings (SSSR count). The van der Waals surface area contributed by atoms with Crippen LogP contribution in [-0.4, -0.2) is 16.1 Å². The monoisotopic (exact) mass is 223 g/mol. The molecule has 5 heteroatoms. The Labute approximate surface area is 89.5 Å². The molecule has 1 saturated carbocycles. The van der Waals surface area contributed by atoms with Gasteiger partial charge in [-0.3, -0.25) is 0 Å². The van der Waals surface area contributed by atoms with Crippen LogP contribution in [0.5, 0.6) is 0 Å². The number of carboxylic acid groups (broad SMARTS) is 1. The van der Waals surface area contributed by atoms with Crippen LogP contribution in [0.1, 0.15) is 40.7 Å². The van der Waals surface area contributed by atoms with Crippen molar-refractivity contribution in [2.24, 2.45) is 0 Å². The summed E-state index contributed by atoms with van der Waals surface area (Å²) >= 11 is 1.15. The summed E-state index contributed by atoms with van der Waals surface area (Å²) in [6.45, 7) is 0. The molecule has 0 atom stereocenters. The highest BCUT2D eigenvalue weighted by molar-refractivity contribution is 7.20. The van der Waals surface area contributed by atoms with Gasteiger partial charge < -0.3 is 9.52 Å². The lowest BCUT2D eigenvalue weighted by Gasteiger charge is -2.21. The SMILES string of the molecule is O=C(O)c1cc2nc(C3CCC3)oc2s1. The van der Waals surface area contributed by atoms with Gasteiger partial charge in [0.1, 0.15) is 10.4 Å². The molecule has 0 saturated heterocycles. The summed E-state index contributed by atoms with van der Waals surface area (Å²) in [7, 11) is 0. The summed E-state index contributed by atoms with van der Waals surface area (Å²) in [5.41, 5.74) is 0.680. The van der Waals surface area contributed by atoms with Crippen LogP contribution in [0.15, 0.2) is 10.5 Å². The Morgan fingerprint density at radius 2 is 2.40 bits per heavy atom. The summed E-state index contributed by atoms with van der Waals surface area (Å²) in [5, 5.41) is 8.78. The van der Waals surface area contributed by atoms with Gasteiger partial charge in [-0.2, -0.15) is 0 Å². The fraction of sp³-hybridized carbons (Fsp3) is 0.400. The second kappa shape index (κ2) is 3.06. The third-order valence-electron chi connectivity index (χ3n) is 2.77. The van der Waals surface area contributed by atoms with Gasteiger partial charge in [-0.25, -0.2) is 9.78 Å². The first-order valence-corrected chi connectivity index (χ1v) is 5.69. The van der Waals surface area contributed by atoms with Crippen molar-refractivity contribution in [3.05, 3.63) is 16.8 Å². The number of hydrogen-bond acceptors (Lipinski definition) is 4. The van der Waals surface area contributed by atoms with Crippen molar-refractivity contribution in [2.45, 2.75) is 25.2 Å². The van der Waals surface area contributed by atoms with Gasteiger partial charge >= 0.3 is 5.97 Å². The van der Waals surface area contributed by atoms with Gasteiger partial charge in [0.15, 0.2) is 5.89 Å². The highest BCUT2D eigenvalue weighted by Crippen LogP contribution is 2.38. The number of oxazole rings is 1. The van der Waals surface area contributed by atoms with Crippen LogP contribution in [0.25, 0.3) is 10.4 Å². The molecule has 0 aromatic carbocycles. The first kappa shape index (κ1) is 8.91. The van der Waals surface area contributed by atoms with Crippen LogP contribution in [0.2, 0.25) is 0 Å². The van der Waals surface area contributed by atoms with Crippen molar-refractivity contribution < 1.29 is 14.3 Å². The zero-order valence-electron chi connectivity index (χ0n) is 7.90. The van der Waals surface area contributed by atoms with E-state index in [0.29, 0.717) is 16.3 Å². The van der Waals surface area contributed by atoms with Gasteiger partial charge in [0.2, 0.25) is 4.90 Å². The maximum atomic E-state index is 10.7. The highest BCUT2D eigenvalue weighted by Gasteiger charge is 2.25. The quantitative estimate of drug-likeness (QED) is 0.850. The zero-order chi connectivity index (χ0) is 10.4. The predicted molar refractivity (Wildman–Crippen MR) is 55.4 cm³/mol. The molecule has 15 heavy (non-hydrogen) atoms. The minimum Gasteiger partial charge on any atom is -0.477 e. The van der Waals surface area contributed by atoms with E-state index in [9.17, 15) is 4.79 Å². The highest BCUT2D eigenvalue weighted by atomic mass is 32.1. The molecule has 1 aliphatic carbocycles. The Balaban J connectivity index is 2.01. The summed E-state index contributed by atoms with van der Waals surface area (Å²) in [4.78, 5) is 15.9. The number of fused-ring (bicyclic) bond motifs is 1. The zero-order valence-corrected chi connectivity index (χ0v) is 8.71. The molecule has 0 radical (unpaired) electrons. The van der Waals surface area contributed by atoms with E-state index in [1.807, 2.05) is 0 Å². The van der Waals surface area contributed by atoms with E-state index in [0.717, 1.165) is 30.1 Å². The Morgan fingerprint density at radius 1 is 1.60 bits per heavy atom. The molecule has 0 unspecified atom stereocenters. The summed E-state index contributed by atoms with van der Waals surface area (Å²) in [5.74, 6) is 0.315. The van der Waals surface area contributed by atoms with Crippen molar-refractivity contribution in [1.29, 1.82) is 0 Å². The summed E-state index contributed by atoms with van der Waals surface area (Å²) in [6, 6.07) is 1.58. The van der Waals surface area contributed by atoms with Crippen LogP contribution in [-0.2, 0) is 0 Å². The standard InChI is InChI=1S/C10H9NO3S/c12-9(13)7-4-6-10(15-7)14-8(11-6)5-2-1-3-5/h4-5H,1-3H2,(H,12,13). The molecule has 1 aliphatic rings. The number of hydrogen-bond donors (Lipinski definition) is 1. The number of rotatable bonds is 2. The minimum atomic E-state index is -0.918. The van der Waals surface area contributed by atoms with Gasteiger partial charge in [0.25, 0.3) is 0 Å². The molecule has 2 aromatic heterocycles. The molecule has 0 bridgehead atoms. The molecular weight excluding hydrogens is 214 g/mol. The van der Waals surface area contributed by atoms with Crippen LogP contribution in [0, 0.1) is 0 Å². The summed E-state index contributed by atoms with van der Waals surface area (Å²) < 4.78 is 5.55. The van der Waals surface area contributed by atoms with Crippen molar-refractivity contribution in [1.82, 2.24) is 4.98 Å². The molecule has 4 nitrogen and oxygen atoms in total. The Bertz CT molecular complexity index is 492. The normalized spacial score (nSPS) is 16.8. The summed E-state index contributed by atoms with van der Waals surface area (Å²) in [6.07, 6.45) is 3.51. The van der Waals surface area contributed by atoms with Crippen LogP contribution in [0.3, 0.4) is 0 Å². The van der Waals surface area contributed by atoms with E-state index in [-0.39, 0.29) is 4.88 Å². The van der Waals surface area contributed by atoms with Gasteiger partial charge in [0.05, 0.1) is 0 Å². The number of nitrogens with zero attached hydrogens (tertiary/aromatic N) is 1. The molecule has 1 fully saturated rings. The number of thiophene rings is 1. The van der Waals surface area contributed by atoms with Gasteiger partial charge in [0, 0.05) is 5.92 Å². The van der Waals surface area contributed by atoms with Crippen molar-refractivity contribution >= 4 is 27.7 Å². The van der Waals surface area contributed by atoms with E-state index in [4.69, 9.17) is 9.52 Å². The Morgan fingerprint density at radius 3 is 2.93 bits per heavy atom. The van der Waals surface area contributed by atoms with Gasteiger partial charge in [-0.15, -0.1) is 0 Å². The smallest absolute Gasteiger partial charge is 0.346 e. The first-order chi connectivity index (χ1) is 7.24. The minimum absolute atomic E-state index is 0.288.